The SMILES string of the molecule is NC[C@H]1[N]C[C@H]2C[C@H]21. The average Bonchev–Trinajstić information content (AvgIpc) is 2.46. The lowest BCUT2D eigenvalue weighted by molar-refractivity contribution is 0.534. The van der Waals surface area contributed by atoms with Gasteiger partial charge in [0.25, 0.3) is 0 Å². The molecule has 0 aromatic rings. The number of rotatable bonds is 1. The molecule has 2 N–H and O–H groups in total. The second-order valence-corrected chi connectivity index (χ2v) is 2.83. The predicted octanol–water partition coefficient (Wildman–Crippen LogP) is -0.432. The van der Waals surface area contributed by atoms with Crippen LogP contribution in [0.1, 0.15) is 6.42 Å². The van der Waals surface area contributed by atoms with Crippen LogP contribution in [0.5, 0.6) is 0 Å². The van der Waals surface area contributed by atoms with Crippen molar-refractivity contribution in [2.75, 3.05) is 13.1 Å². The van der Waals surface area contributed by atoms with Gasteiger partial charge in [-0.25, -0.2) is 5.32 Å². The fraction of sp³-hybridized carbons (Fsp3) is 1.00. The molecule has 0 aromatic carbocycles. The van der Waals surface area contributed by atoms with Crippen LogP contribution in [0.4, 0.5) is 0 Å². The van der Waals surface area contributed by atoms with Gasteiger partial charge in [0.1, 0.15) is 0 Å². The summed E-state index contributed by atoms with van der Waals surface area (Å²) in [4.78, 5) is 0. The van der Waals surface area contributed by atoms with Crippen LogP contribution in [0, 0.1) is 11.8 Å². The first kappa shape index (κ1) is 4.77. The molecule has 1 saturated carbocycles. The van der Waals surface area contributed by atoms with Gasteiger partial charge in [0.15, 0.2) is 0 Å². The molecule has 8 heavy (non-hydrogen) atoms. The highest BCUT2D eigenvalue weighted by Gasteiger charge is 2.47. The smallest absolute Gasteiger partial charge is 0.0400 e. The summed E-state index contributed by atoms with van der Waals surface area (Å²) in [5.74, 6) is 1.85. The van der Waals surface area contributed by atoms with Crippen molar-refractivity contribution < 1.29 is 0 Å². The van der Waals surface area contributed by atoms with E-state index >= 15 is 0 Å². The average molecular weight is 111 g/mol. The summed E-state index contributed by atoms with van der Waals surface area (Å²) in [6.45, 7) is 1.88. The van der Waals surface area contributed by atoms with Gasteiger partial charge in [-0.1, -0.05) is 0 Å². The first-order valence-corrected chi connectivity index (χ1v) is 3.28. The highest BCUT2D eigenvalue weighted by Crippen LogP contribution is 2.45. The van der Waals surface area contributed by atoms with Gasteiger partial charge in [-0.05, 0) is 18.3 Å². The van der Waals surface area contributed by atoms with Gasteiger partial charge in [-0.15, -0.1) is 0 Å². The Morgan fingerprint density at radius 3 is 2.75 bits per heavy atom. The Kier molecular flexibility index (Phi) is 0.866. The zero-order chi connectivity index (χ0) is 5.56. The Bertz CT molecular complexity index is 103. The Morgan fingerprint density at radius 1 is 1.62 bits per heavy atom. The highest BCUT2D eigenvalue weighted by molar-refractivity contribution is 5.02. The number of nitrogens with zero attached hydrogens (tertiary/aromatic N) is 1. The number of hydrogen-bond donors (Lipinski definition) is 1. The van der Waals surface area contributed by atoms with Crippen molar-refractivity contribution >= 4 is 0 Å². The van der Waals surface area contributed by atoms with Crippen molar-refractivity contribution in [1.29, 1.82) is 0 Å². The van der Waals surface area contributed by atoms with Crippen LogP contribution in [0.2, 0.25) is 0 Å². The van der Waals surface area contributed by atoms with E-state index < -0.39 is 0 Å². The van der Waals surface area contributed by atoms with Gasteiger partial charge >= 0.3 is 0 Å². The first-order chi connectivity index (χ1) is 3.92. The quantitative estimate of drug-likeness (QED) is 0.490. The van der Waals surface area contributed by atoms with Gasteiger partial charge in [0.05, 0.1) is 0 Å². The molecular weight excluding hydrogens is 100 g/mol. The van der Waals surface area contributed by atoms with Crippen molar-refractivity contribution in [2.45, 2.75) is 12.5 Å². The minimum absolute atomic E-state index is 0.542. The van der Waals surface area contributed by atoms with E-state index in [9.17, 15) is 0 Å². The van der Waals surface area contributed by atoms with E-state index in [1.807, 2.05) is 0 Å². The maximum atomic E-state index is 5.46. The summed E-state index contributed by atoms with van der Waals surface area (Å²) in [5, 5.41) is 4.36. The molecule has 1 radical (unpaired) electrons. The van der Waals surface area contributed by atoms with E-state index in [1.165, 1.54) is 6.42 Å². The van der Waals surface area contributed by atoms with E-state index in [-0.39, 0.29) is 0 Å². The van der Waals surface area contributed by atoms with Crippen molar-refractivity contribution in [3.8, 4) is 0 Å². The van der Waals surface area contributed by atoms with Gasteiger partial charge in [-0.2, -0.15) is 0 Å². The molecule has 0 bridgehead atoms. The highest BCUT2D eigenvalue weighted by atomic mass is 15.0. The van der Waals surface area contributed by atoms with Crippen LogP contribution >= 0.6 is 0 Å². The number of nitrogens with two attached hydrogens (primary N) is 1. The van der Waals surface area contributed by atoms with Crippen LogP contribution in [-0.4, -0.2) is 19.1 Å². The van der Waals surface area contributed by atoms with Gasteiger partial charge in [-0.3, -0.25) is 0 Å². The maximum Gasteiger partial charge on any atom is 0.0400 e. The van der Waals surface area contributed by atoms with Crippen LogP contribution in [0.15, 0.2) is 0 Å². The predicted molar refractivity (Wildman–Crippen MR) is 31.4 cm³/mol. The Balaban J connectivity index is 1.97. The molecule has 1 aliphatic carbocycles. The fourth-order valence-corrected chi connectivity index (χ4v) is 1.61. The Hall–Kier alpha value is -0.0800. The molecule has 0 spiro atoms. The van der Waals surface area contributed by atoms with Crippen LogP contribution in [0.25, 0.3) is 0 Å². The first-order valence-electron chi connectivity index (χ1n) is 3.28. The Labute approximate surface area is 49.4 Å². The summed E-state index contributed by atoms with van der Waals surface area (Å²) in [6, 6.07) is 0.542. The summed E-state index contributed by atoms with van der Waals surface area (Å²) >= 11 is 0. The van der Waals surface area contributed by atoms with Crippen molar-refractivity contribution in [3.05, 3.63) is 0 Å². The van der Waals surface area contributed by atoms with E-state index in [1.54, 1.807) is 0 Å². The lowest BCUT2D eigenvalue weighted by Crippen LogP contribution is -2.28. The molecule has 1 saturated heterocycles. The van der Waals surface area contributed by atoms with Crippen molar-refractivity contribution in [3.63, 3.8) is 0 Å². The van der Waals surface area contributed by atoms with Gasteiger partial charge in [0, 0.05) is 19.1 Å². The molecular formula is C6H11N2. The maximum absolute atomic E-state index is 5.46. The minimum Gasteiger partial charge on any atom is -0.329 e. The summed E-state index contributed by atoms with van der Waals surface area (Å²) in [7, 11) is 0. The molecule has 1 heterocycles. The molecule has 2 rings (SSSR count). The molecule has 2 aliphatic rings. The lowest BCUT2D eigenvalue weighted by Gasteiger charge is -2.05. The zero-order valence-electron chi connectivity index (χ0n) is 4.88. The molecule has 2 heteroatoms. The largest absolute Gasteiger partial charge is 0.329 e. The topological polar surface area (TPSA) is 40.1 Å². The Morgan fingerprint density at radius 2 is 2.50 bits per heavy atom. The molecule has 1 aliphatic heterocycles. The van der Waals surface area contributed by atoms with E-state index in [0.29, 0.717) is 6.04 Å². The van der Waals surface area contributed by atoms with E-state index in [0.717, 1.165) is 24.9 Å². The summed E-state index contributed by atoms with van der Waals surface area (Å²) in [6.07, 6.45) is 1.41. The van der Waals surface area contributed by atoms with Crippen molar-refractivity contribution in [1.82, 2.24) is 5.32 Å². The summed E-state index contributed by atoms with van der Waals surface area (Å²) < 4.78 is 0. The third kappa shape index (κ3) is 0.501. The molecule has 0 aromatic heterocycles. The molecule has 2 nitrogen and oxygen atoms in total. The third-order valence-electron chi connectivity index (χ3n) is 2.29. The molecule has 45 valence electrons. The third-order valence-corrected chi connectivity index (χ3v) is 2.29. The molecule has 0 unspecified atom stereocenters. The van der Waals surface area contributed by atoms with Crippen molar-refractivity contribution in [2.24, 2.45) is 17.6 Å². The standard InChI is InChI=1S/C6H11N2/c7-2-6-5-1-4(5)3-8-6/h4-6H,1-3,7H2/t4-,5-,6-/m1/s1. The molecule has 2 fully saturated rings. The number of hydrogen-bond acceptors (Lipinski definition) is 1. The fourth-order valence-electron chi connectivity index (χ4n) is 1.61. The number of piperidine rings is 1. The monoisotopic (exact) mass is 111 g/mol. The number of fused-ring (bicyclic) bond motifs is 1. The van der Waals surface area contributed by atoms with Crippen LogP contribution in [0.3, 0.4) is 0 Å². The van der Waals surface area contributed by atoms with Gasteiger partial charge < -0.3 is 5.73 Å². The van der Waals surface area contributed by atoms with Crippen LogP contribution < -0.4 is 11.1 Å². The van der Waals surface area contributed by atoms with Gasteiger partial charge in [0.2, 0.25) is 0 Å². The second-order valence-electron chi connectivity index (χ2n) is 2.83. The van der Waals surface area contributed by atoms with Crippen LogP contribution in [-0.2, 0) is 0 Å². The normalized spacial score (nSPS) is 51.4. The van der Waals surface area contributed by atoms with E-state index in [2.05, 4.69) is 5.32 Å². The summed E-state index contributed by atoms with van der Waals surface area (Å²) in [5.41, 5.74) is 5.46. The molecule has 0 amide bonds. The van der Waals surface area contributed by atoms with E-state index in [4.69, 9.17) is 5.73 Å². The minimum atomic E-state index is 0.542. The second kappa shape index (κ2) is 1.45. The lowest BCUT2D eigenvalue weighted by atomic mass is 10.2. The molecule has 3 atom stereocenters. The zero-order valence-corrected chi connectivity index (χ0v) is 4.88.